The minimum absolute atomic E-state index is 0.0242. The van der Waals surface area contributed by atoms with E-state index in [9.17, 15) is 31.2 Å². The minimum Gasteiger partial charge on any atom is -0.340 e. The molecule has 7 nitrogen and oxygen atoms in total. The van der Waals surface area contributed by atoms with Crippen LogP contribution in [0.15, 0.2) is 24.3 Å². The molecule has 3 rings (SSSR count). The molecule has 1 N–H and O–H groups in total. The maximum Gasteiger partial charge on any atom is 0.416 e. The van der Waals surface area contributed by atoms with Gasteiger partial charge in [-0.25, -0.2) is 8.42 Å². The molecule has 196 valence electrons. The second-order valence-electron chi connectivity index (χ2n) is 10.0. The summed E-state index contributed by atoms with van der Waals surface area (Å²) in [6.45, 7) is 9.03. The Morgan fingerprint density at radius 3 is 2.43 bits per heavy atom. The Balaban J connectivity index is 1.74. The SMILES string of the molecule is CC(C)N1CC[C@H](N2CC[C@H](NC(=O)c3cccc(C(F)(F)F)c3)C2=O)[C@@H](CS(=O)(=O)C(C)C)C1. The number of nitrogens with one attached hydrogen (secondary N) is 1. The predicted molar refractivity (Wildman–Crippen MR) is 127 cm³/mol. The van der Waals surface area contributed by atoms with Gasteiger partial charge in [0.25, 0.3) is 5.91 Å². The third-order valence-electron chi connectivity index (χ3n) is 7.02. The summed E-state index contributed by atoms with van der Waals surface area (Å²) in [5, 5.41) is 2.05. The molecule has 3 atom stereocenters. The lowest BCUT2D eigenvalue weighted by Crippen LogP contribution is -2.56. The van der Waals surface area contributed by atoms with Crippen molar-refractivity contribution in [1.82, 2.24) is 15.1 Å². The van der Waals surface area contributed by atoms with Gasteiger partial charge in [-0.2, -0.15) is 13.2 Å². The van der Waals surface area contributed by atoms with E-state index in [2.05, 4.69) is 24.1 Å². The van der Waals surface area contributed by atoms with Crippen molar-refractivity contribution < 1.29 is 31.2 Å². The standard InChI is InChI=1S/C24H34F3N3O4S/c1-15(2)29-10-9-21(18(13-29)14-35(33,34)16(3)4)30-11-8-20(23(30)32)28-22(31)17-6-5-7-19(12-17)24(25,26)27/h5-7,12,15-16,18,20-21H,8-11,13-14H2,1-4H3,(H,28,31)/t18-,20+,21+/m1/s1. The van der Waals surface area contributed by atoms with Gasteiger partial charge in [0, 0.05) is 43.2 Å². The van der Waals surface area contributed by atoms with Gasteiger partial charge in [0.15, 0.2) is 9.84 Å². The summed E-state index contributed by atoms with van der Waals surface area (Å²) in [6, 6.07) is 3.19. The van der Waals surface area contributed by atoms with Gasteiger partial charge in [0.2, 0.25) is 5.91 Å². The van der Waals surface area contributed by atoms with Gasteiger partial charge in [0.05, 0.1) is 16.6 Å². The number of piperidine rings is 1. The third-order valence-corrected chi connectivity index (χ3v) is 9.35. The number of sulfone groups is 1. The number of benzene rings is 1. The molecule has 2 amide bonds. The molecule has 2 aliphatic rings. The Kier molecular flexibility index (Phi) is 8.20. The van der Waals surface area contributed by atoms with Crippen molar-refractivity contribution >= 4 is 21.7 Å². The molecule has 2 heterocycles. The second kappa shape index (κ2) is 10.5. The van der Waals surface area contributed by atoms with Crippen LogP contribution in [0.1, 0.15) is 56.5 Å². The smallest absolute Gasteiger partial charge is 0.340 e. The monoisotopic (exact) mass is 517 g/mol. The fourth-order valence-electron chi connectivity index (χ4n) is 4.83. The largest absolute Gasteiger partial charge is 0.416 e. The van der Waals surface area contributed by atoms with Crippen LogP contribution in [0.25, 0.3) is 0 Å². The highest BCUT2D eigenvalue weighted by molar-refractivity contribution is 7.91. The number of hydrogen-bond donors (Lipinski definition) is 1. The van der Waals surface area contributed by atoms with Crippen LogP contribution in [0.5, 0.6) is 0 Å². The number of nitrogens with zero attached hydrogens (tertiary/aromatic N) is 2. The number of alkyl halides is 3. The van der Waals surface area contributed by atoms with Crippen molar-refractivity contribution in [3.63, 3.8) is 0 Å². The number of halogens is 3. The molecule has 0 saturated carbocycles. The fourth-order valence-corrected chi connectivity index (χ4v) is 6.13. The maximum absolute atomic E-state index is 13.2. The summed E-state index contributed by atoms with van der Waals surface area (Å²) < 4.78 is 64.4. The molecule has 2 aliphatic heterocycles. The van der Waals surface area contributed by atoms with Crippen LogP contribution in [0.4, 0.5) is 13.2 Å². The molecule has 0 aromatic heterocycles. The first-order chi connectivity index (χ1) is 16.2. The molecule has 1 aromatic rings. The average Bonchev–Trinajstić information content (AvgIpc) is 3.12. The minimum atomic E-state index is -4.58. The normalized spacial score (nSPS) is 24.4. The van der Waals surface area contributed by atoms with Crippen molar-refractivity contribution in [2.75, 3.05) is 25.4 Å². The lowest BCUT2D eigenvalue weighted by molar-refractivity contribution is -0.137. The fraction of sp³-hybridized carbons (Fsp3) is 0.667. The van der Waals surface area contributed by atoms with Crippen LogP contribution in [0, 0.1) is 5.92 Å². The summed E-state index contributed by atoms with van der Waals surface area (Å²) in [5.41, 5.74) is -1.10. The molecule has 0 spiro atoms. The van der Waals surface area contributed by atoms with Crippen LogP contribution < -0.4 is 5.32 Å². The number of hydrogen-bond acceptors (Lipinski definition) is 5. The number of likely N-dealkylation sites (tertiary alicyclic amines) is 2. The van der Waals surface area contributed by atoms with Crippen LogP contribution in [-0.4, -0.2) is 78.8 Å². The molecular weight excluding hydrogens is 483 g/mol. The highest BCUT2D eigenvalue weighted by atomic mass is 32.2. The molecule has 0 radical (unpaired) electrons. The number of carbonyl (C=O) groups excluding carboxylic acids is 2. The summed E-state index contributed by atoms with van der Waals surface area (Å²) in [5.74, 6) is -1.35. The van der Waals surface area contributed by atoms with Gasteiger partial charge in [-0.15, -0.1) is 0 Å². The summed E-state index contributed by atoms with van der Waals surface area (Å²) >= 11 is 0. The van der Waals surface area contributed by atoms with E-state index >= 15 is 0 Å². The first kappa shape index (κ1) is 27.4. The van der Waals surface area contributed by atoms with E-state index in [1.54, 1.807) is 18.7 Å². The summed E-state index contributed by atoms with van der Waals surface area (Å²) in [7, 11) is -3.34. The molecule has 0 bridgehead atoms. The zero-order valence-corrected chi connectivity index (χ0v) is 21.3. The Morgan fingerprint density at radius 1 is 1.14 bits per heavy atom. The van der Waals surface area contributed by atoms with E-state index in [0.717, 1.165) is 24.7 Å². The van der Waals surface area contributed by atoms with Gasteiger partial charge < -0.3 is 15.1 Å². The topological polar surface area (TPSA) is 86.8 Å². The van der Waals surface area contributed by atoms with Crippen LogP contribution in [0.2, 0.25) is 0 Å². The van der Waals surface area contributed by atoms with Gasteiger partial charge in [-0.3, -0.25) is 9.59 Å². The first-order valence-corrected chi connectivity index (χ1v) is 13.7. The molecule has 0 unspecified atom stereocenters. The Labute approximate surface area is 205 Å². The Morgan fingerprint density at radius 2 is 1.83 bits per heavy atom. The Hall–Kier alpha value is -2.14. The molecular formula is C24H34F3N3O4S. The Bertz CT molecular complexity index is 1040. The van der Waals surface area contributed by atoms with Gasteiger partial charge in [-0.1, -0.05) is 6.07 Å². The molecule has 2 fully saturated rings. The van der Waals surface area contributed by atoms with E-state index in [1.165, 1.54) is 6.07 Å². The summed E-state index contributed by atoms with van der Waals surface area (Å²) in [4.78, 5) is 29.7. The lowest BCUT2D eigenvalue weighted by Gasteiger charge is -2.44. The van der Waals surface area contributed by atoms with Gasteiger partial charge >= 0.3 is 6.18 Å². The van der Waals surface area contributed by atoms with E-state index in [0.29, 0.717) is 25.9 Å². The average molecular weight is 518 g/mol. The maximum atomic E-state index is 13.2. The van der Waals surface area contributed by atoms with E-state index in [-0.39, 0.29) is 35.2 Å². The van der Waals surface area contributed by atoms with Crippen molar-refractivity contribution in [3.05, 3.63) is 35.4 Å². The molecule has 35 heavy (non-hydrogen) atoms. The van der Waals surface area contributed by atoms with Gasteiger partial charge in [0.1, 0.15) is 6.04 Å². The molecule has 11 heteroatoms. The van der Waals surface area contributed by atoms with Crippen molar-refractivity contribution in [2.24, 2.45) is 5.92 Å². The third kappa shape index (κ3) is 6.35. The quantitative estimate of drug-likeness (QED) is 0.601. The highest BCUT2D eigenvalue weighted by Crippen LogP contribution is 2.31. The lowest BCUT2D eigenvalue weighted by atomic mass is 9.91. The summed E-state index contributed by atoms with van der Waals surface area (Å²) in [6.07, 6.45) is -3.64. The highest BCUT2D eigenvalue weighted by Gasteiger charge is 2.43. The van der Waals surface area contributed by atoms with Crippen LogP contribution in [0.3, 0.4) is 0 Å². The molecule has 2 saturated heterocycles. The number of amides is 2. The predicted octanol–water partition coefficient (Wildman–Crippen LogP) is 2.96. The zero-order chi connectivity index (χ0) is 26.1. The van der Waals surface area contributed by atoms with E-state index < -0.39 is 38.8 Å². The van der Waals surface area contributed by atoms with Gasteiger partial charge in [-0.05, 0) is 58.7 Å². The van der Waals surface area contributed by atoms with Crippen LogP contribution in [-0.2, 0) is 20.8 Å². The second-order valence-corrected chi connectivity index (χ2v) is 12.6. The van der Waals surface area contributed by atoms with Crippen molar-refractivity contribution in [3.8, 4) is 0 Å². The molecule has 0 aliphatic carbocycles. The van der Waals surface area contributed by atoms with E-state index in [1.807, 2.05) is 0 Å². The number of rotatable bonds is 7. The number of carbonyl (C=O) groups is 2. The van der Waals surface area contributed by atoms with Crippen molar-refractivity contribution in [1.29, 1.82) is 0 Å². The van der Waals surface area contributed by atoms with Crippen molar-refractivity contribution in [2.45, 2.75) is 70.1 Å². The zero-order valence-electron chi connectivity index (χ0n) is 20.5. The molecule has 1 aromatic carbocycles. The van der Waals surface area contributed by atoms with Crippen LogP contribution >= 0.6 is 0 Å². The first-order valence-electron chi connectivity index (χ1n) is 11.9. The van der Waals surface area contributed by atoms with E-state index in [4.69, 9.17) is 0 Å².